The van der Waals surface area contributed by atoms with Gasteiger partial charge in [0.25, 0.3) is 0 Å². The third-order valence-electron chi connectivity index (χ3n) is 11.8. The van der Waals surface area contributed by atoms with E-state index in [1.54, 1.807) is 12.1 Å². The second-order valence-corrected chi connectivity index (χ2v) is 15.0. The first-order valence-corrected chi connectivity index (χ1v) is 17.8. The Kier molecular flexibility index (Phi) is 5.01. The Morgan fingerprint density at radius 3 is 1.43 bits per heavy atom. The molecule has 0 aromatic heterocycles. The topological polar surface area (TPSA) is 3.24 Å². The molecule has 1 spiro atoms. The summed E-state index contributed by atoms with van der Waals surface area (Å²) in [5.74, 6) is 0. The minimum absolute atomic E-state index is 0.166. The Balaban J connectivity index is 1.22. The summed E-state index contributed by atoms with van der Waals surface area (Å²) < 4.78 is 49.9. The van der Waals surface area contributed by atoms with Crippen molar-refractivity contribution in [2.75, 3.05) is 4.90 Å². The number of hydrogen-bond donors (Lipinski definition) is 0. The molecule has 0 fully saturated rings. The average Bonchev–Trinajstić information content (AvgIpc) is 3.76. The number of anilines is 3. The van der Waals surface area contributed by atoms with E-state index in [1.165, 1.54) is 73.7 Å². The van der Waals surface area contributed by atoms with Gasteiger partial charge in [0.05, 0.1) is 5.41 Å². The van der Waals surface area contributed by atoms with Crippen LogP contribution >= 0.6 is 0 Å². The molecule has 7 aromatic rings. The van der Waals surface area contributed by atoms with Crippen LogP contribution in [0.2, 0.25) is 0 Å². The van der Waals surface area contributed by atoms with Gasteiger partial charge in [-0.25, -0.2) is 0 Å². The van der Waals surface area contributed by atoms with Gasteiger partial charge in [0, 0.05) is 30.7 Å². The van der Waals surface area contributed by atoms with E-state index in [-0.39, 0.29) is 11.0 Å². The van der Waals surface area contributed by atoms with Gasteiger partial charge in [-0.2, -0.15) is 0 Å². The van der Waals surface area contributed by atoms with Gasteiger partial charge < -0.3 is 4.90 Å². The molecule has 0 saturated heterocycles. The zero-order chi connectivity index (χ0) is 39.7. The Morgan fingerprint density at radius 1 is 0.431 bits per heavy atom. The van der Waals surface area contributed by atoms with Gasteiger partial charge in [-0.3, -0.25) is 0 Å². The number of nitrogens with zero attached hydrogens (tertiary/aromatic N) is 1. The smallest absolute Gasteiger partial charge is 0.0726 e. The molecule has 3 aliphatic carbocycles. The van der Waals surface area contributed by atoms with Crippen molar-refractivity contribution in [2.24, 2.45) is 0 Å². The van der Waals surface area contributed by atoms with Gasteiger partial charge in [-0.1, -0.05) is 156 Å². The second kappa shape index (κ2) is 10.4. The summed E-state index contributed by atoms with van der Waals surface area (Å²) in [6.07, 6.45) is 0. The lowest BCUT2D eigenvalue weighted by Crippen LogP contribution is -2.26. The number of hydrogen-bond acceptors (Lipinski definition) is 1. The van der Waals surface area contributed by atoms with Crippen LogP contribution in [-0.2, 0) is 16.2 Å². The highest BCUT2D eigenvalue weighted by Crippen LogP contribution is 2.63. The molecule has 0 amide bonds. The highest BCUT2D eigenvalue weighted by molar-refractivity contribution is 5.96. The predicted molar refractivity (Wildman–Crippen MR) is 214 cm³/mol. The standard InChI is InChI=1S/C50H41N/c1-48(2,3)32-22-24-33(25-23-32)51(34-27-29-43-41(30-34)39-17-6-10-18-42(39)49(43,4)5)35-26-28-40-38-16-9-13-21-46(38)50(47(40)31-35)44-19-11-7-14-36(44)37-15-8-12-20-45(37)50/h6-31H,1-5H3/i1D3,2D3. The maximum Gasteiger partial charge on any atom is 0.0726 e. The maximum atomic E-state index is 8.32. The first kappa shape index (κ1) is 24.5. The highest BCUT2D eigenvalue weighted by atomic mass is 15.1. The van der Waals surface area contributed by atoms with Crippen molar-refractivity contribution in [3.8, 4) is 33.4 Å². The van der Waals surface area contributed by atoms with E-state index in [4.69, 9.17) is 8.22 Å². The van der Waals surface area contributed by atoms with E-state index < -0.39 is 24.5 Å². The van der Waals surface area contributed by atoms with Gasteiger partial charge in [-0.05, 0) is 114 Å². The minimum Gasteiger partial charge on any atom is -0.310 e. The SMILES string of the molecule is [2H]C([2H])([2H])C(C)(c1ccc(N(c2ccc3c(c2)-c2ccccc2C3(C)C)c2ccc3c(c2)C2(c4ccccc4-c4ccccc42)c2ccccc2-3)cc1)C([2H])([2H])[2H]. The van der Waals surface area contributed by atoms with Crippen LogP contribution in [0.15, 0.2) is 158 Å². The second-order valence-electron chi connectivity index (χ2n) is 15.0. The Hall–Kier alpha value is -5.66. The van der Waals surface area contributed by atoms with Crippen molar-refractivity contribution in [3.05, 3.63) is 197 Å². The zero-order valence-electron chi connectivity index (χ0n) is 35.0. The van der Waals surface area contributed by atoms with Gasteiger partial charge in [0.1, 0.15) is 0 Å². The van der Waals surface area contributed by atoms with Crippen molar-refractivity contribution in [1.82, 2.24) is 0 Å². The summed E-state index contributed by atoms with van der Waals surface area (Å²) >= 11 is 0. The quantitative estimate of drug-likeness (QED) is 0.182. The van der Waals surface area contributed by atoms with Crippen molar-refractivity contribution < 1.29 is 8.22 Å². The van der Waals surface area contributed by atoms with Crippen molar-refractivity contribution >= 4 is 17.1 Å². The fourth-order valence-corrected chi connectivity index (χ4v) is 9.46. The summed E-state index contributed by atoms with van der Waals surface area (Å²) in [6.45, 7) is 0.368. The molecule has 0 saturated carbocycles. The molecule has 0 radical (unpaired) electrons. The summed E-state index contributed by atoms with van der Waals surface area (Å²) in [7, 11) is 0. The lowest BCUT2D eigenvalue weighted by atomic mass is 9.70. The molecule has 0 heterocycles. The van der Waals surface area contributed by atoms with Gasteiger partial charge >= 0.3 is 0 Å². The van der Waals surface area contributed by atoms with Crippen LogP contribution in [0, 0.1) is 0 Å². The van der Waals surface area contributed by atoms with E-state index in [0.717, 1.165) is 17.1 Å². The van der Waals surface area contributed by atoms with Crippen LogP contribution in [0.4, 0.5) is 17.1 Å². The first-order valence-electron chi connectivity index (χ1n) is 20.8. The number of rotatable bonds is 3. The fraction of sp³-hybridized carbons (Fsp3) is 0.160. The summed E-state index contributed by atoms with van der Waals surface area (Å²) in [5, 5.41) is 0. The molecule has 1 nitrogen and oxygen atoms in total. The lowest BCUT2D eigenvalue weighted by molar-refractivity contribution is 0.590. The molecular formula is C50H41N. The monoisotopic (exact) mass is 661 g/mol. The van der Waals surface area contributed by atoms with E-state index in [9.17, 15) is 0 Å². The van der Waals surface area contributed by atoms with Crippen LogP contribution in [0.25, 0.3) is 33.4 Å². The van der Waals surface area contributed by atoms with Crippen molar-refractivity contribution in [3.63, 3.8) is 0 Å². The maximum absolute atomic E-state index is 8.32. The highest BCUT2D eigenvalue weighted by Gasteiger charge is 2.51. The molecule has 0 N–H and O–H groups in total. The van der Waals surface area contributed by atoms with E-state index >= 15 is 0 Å². The molecule has 0 bridgehead atoms. The Bertz CT molecular complexity index is 2700. The van der Waals surface area contributed by atoms with Crippen LogP contribution in [0.5, 0.6) is 0 Å². The fourth-order valence-electron chi connectivity index (χ4n) is 9.46. The average molecular weight is 662 g/mol. The number of fused-ring (bicyclic) bond motifs is 13. The molecular weight excluding hydrogens is 615 g/mol. The van der Waals surface area contributed by atoms with Gasteiger partial charge in [-0.15, -0.1) is 0 Å². The zero-order valence-corrected chi connectivity index (χ0v) is 29.0. The van der Waals surface area contributed by atoms with Crippen molar-refractivity contribution in [1.29, 1.82) is 0 Å². The third-order valence-corrected chi connectivity index (χ3v) is 11.8. The lowest BCUT2D eigenvalue weighted by Gasteiger charge is -2.32. The molecule has 0 atom stereocenters. The van der Waals surface area contributed by atoms with E-state index in [2.05, 4.69) is 152 Å². The molecule has 3 aliphatic rings. The molecule has 246 valence electrons. The van der Waals surface area contributed by atoms with Crippen molar-refractivity contribution in [2.45, 2.75) is 50.7 Å². The third kappa shape index (κ3) is 4.04. The number of benzene rings is 7. The molecule has 1 heteroatoms. The summed E-state index contributed by atoms with van der Waals surface area (Å²) in [5.41, 5.74) is 15.0. The largest absolute Gasteiger partial charge is 0.310 e. The molecule has 51 heavy (non-hydrogen) atoms. The van der Waals surface area contributed by atoms with Crippen LogP contribution in [0.3, 0.4) is 0 Å². The van der Waals surface area contributed by atoms with Gasteiger partial charge in [0.15, 0.2) is 0 Å². The molecule has 10 rings (SSSR count). The molecule has 0 unspecified atom stereocenters. The summed E-state index contributed by atoms with van der Waals surface area (Å²) in [6, 6.07) is 55.4. The Labute approximate surface area is 310 Å². The summed E-state index contributed by atoms with van der Waals surface area (Å²) in [4.78, 5) is 2.23. The molecule has 7 aromatic carbocycles. The van der Waals surface area contributed by atoms with Crippen LogP contribution in [-0.4, -0.2) is 0 Å². The van der Waals surface area contributed by atoms with E-state index in [1.807, 2.05) is 12.1 Å². The van der Waals surface area contributed by atoms with Crippen LogP contribution < -0.4 is 4.90 Å². The van der Waals surface area contributed by atoms with E-state index in [0.29, 0.717) is 0 Å². The predicted octanol–water partition coefficient (Wildman–Crippen LogP) is 13.1. The first-order chi connectivity index (χ1) is 27.2. The van der Waals surface area contributed by atoms with Gasteiger partial charge in [0.2, 0.25) is 0 Å². The minimum atomic E-state index is -2.75. The molecule has 0 aliphatic heterocycles. The Morgan fingerprint density at radius 2 is 0.863 bits per heavy atom. The normalized spacial score (nSPS) is 17.3. The van der Waals surface area contributed by atoms with Crippen LogP contribution in [0.1, 0.15) is 81.6 Å².